The van der Waals surface area contributed by atoms with Gasteiger partial charge in [-0.25, -0.2) is 0 Å². The highest BCUT2D eigenvalue weighted by Crippen LogP contribution is 2.35. The quantitative estimate of drug-likeness (QED) is 0.428. The Bertz CT molecular complexity index is 1510. The predicted octanol–water partition coefficient (Wildman–Crippen LogP) is 4.85. The number of aryl methyl sites for hydroxylation is 3. The first-order valence-electron chi connectivity index (χ1n) is 12.9. The van der Waals surface area contributed by atoms with Crippen LogP contribution in [0.1, 0.15) is 59.0 Å². The van der Waals surface area contributed by atoms with E-state index < -0.39 is 0 Å². The van der Waals surface area contributed by atoms with Gasteiger partial charge in [0.1, 0.15) is 0 Å². The average Bonchev–Trinajstić information content (AvgIpc) is 3.62. The second-order valence-corrected chi connectivity index (χ2v) is 9.75. The van der Waals surface area contributed by atoms with Crippen LogP contribution in [0.15, 0.2) is 42.6 Å². The number of aromatic nitrogens is 4. The molecule has 0 atom stereocenters. The van der Waals surface area contributed by atoms with Crippen molar-refractivity contribution in [1.29, 1.82) is 0 Å². The summed E-state index contributed by atoms with van der Waals surface area (Å²) < 4.78 is 1.99. The first-order valence-corrected chi connectivity index (χ1v) is 12.9. The predicted molar refractivity (Wildman–Crippen MR) is 143 cm³/mol. The molecule has 0 spiro atoms. The fourth-order valence-corrected chi connectivity index (χ4v) is 5.50. The van der Waals surface area contributed by atoms with Gasteiger partial charge in [-0.1, -0.05) is 19.1 Å². The molecule has 0 unspecified atom stereocenters. The molecule has 184 valence electrons. The van der Waals surface area contributed by atoms with Crippen LogP contribution in [-0.4, -0.2) is 43.6 Å². The summed E-state index contributed by atoms with van der Waals surface area (Å²) in [7, 11) is 0. The van der Waals surface area contributed by atoms with Gasteiger partial charge in [-0.05, 0) is 63.1 Å². The van der Waals surface area contributed by atoms with Crippen LogP contribution in [-0.2, 0) is 26.1 Å². The number of hydrogen-bond acceptors (Lipinski definition) is 4. The maximum atomic E-state index is 13.8. The smallest absolute Gasteiger partial charge is 0.254 e. The van der Waals surface area contributed by atoms with Gasteiger partial charge in [0.05, 0.1) is 24.0 Å². The van der Waals surface area contributed by atoms with Crippen molar-refractivity contribution in [3.05, 3.63) is 76.5 Å². The van der Waals surface area contributed by atoms with E-state index in [1.165, 1.54) is 5.57 Å². The molecule has 2 aliphatic rings. The number of benzene rings is 1. The van der Waals surface area contributed by atoms with Crippen LogP contribution < -0.4 is 5.32 Å². The molecular formula is C29H32N6O. The Labute approximate surface area is 211 Å². The molecule has 1 amide bonds. The Morgan fingerprint density at radius 2 is 2.00 bits per heavy atom. The Hall–Kier alpha value is -3.71. The standard InChI is InChI=1S/C29H32N6O/c1-4-23-8-9-24(18(3)32-23)25-12-21(29(36)34-16-22-15-31-35(5-2)27(22)17-34)11-20-13-26(33-28(20)25)19-7-6-10-30-14-19/h7-9,11-13,15,30,33H,4-6,10,14,16-17H2,1-3H3. The number of H-pyrrole nitrogens is 1. The van der Waals surface area contributed by atoms with Crippen molar-refractivity contribution in [2.75, 3.05) is 13.1 Å². The van der Waals surface area contributed by atoms with Crippen molar-refractivity contribution in [2.24, 2.45) is 0 Å². The second kappa shape index (κ2) is 9.06. The number of pyridine rings is 1. The average molecular weight is 481 g/mol. The maximum absolute atomic E-state index is 13.8. The van der Waals surface area contributed by atoms with Gasteiger partial charge < -0.3 is 15.2 Å². The van der Waals surface area contributed by atoms with Gasteiger partial charge in [-0.2, -0.15) is 5.10 Å². The third-order valence-corrected chi connectivity index (χ3v) is 7.47. The van der Waals surface area contributed by atoms with Crippen LogP contribution in [0.2, 0.25) is 0 Å². The number of nitrogens with zero attached hydrogens (tertiary/aromatic N) is 4. The minimum Gasteiger partial charge on any atom is -0.354 e. The molecule has 0 radical (unpaired) electrons. The Morgan fingerprint density at radius 3 is 2.75 bits per heavy atom. The maximum Gasteiger partial charge on any atom is 0.254 e. The number of aromatic amines is 1. The number of nitrogens with one attached hydrogen (secondary N) is 2. The molecule has 0 fully saturated rings. The molecule has 4 aromatic rings. The monoisotopic (exact) mass is 480 g/mol. The minimum absolute atomic E-state index is 0.0501. The summed E-state index contributed by atoms with van der Waals surface area (Å²) in [5.41, 5.74) is 10.6. The summed E-state index contributed by atoms with van der Waals surface area (Å²) in [6.45, 7) is 10.1. The van der Waals surface area contributed by atoms with E-state index in [1.54, 1.807) is 0 Å². The fraction of sp³-hybridized carbons (Fsp3) is 0.345. The summed E-state index contributed by atoms with van der Waals surface area (Å²) in [6.07, 6.45) is 6.12. The first-order chi connectivity index (χ1) is 17.6. The molecule has 7 nitrogen and oxygen atoms in total. The molecule has 1 aromatic carbocycles. The normalized spacial score (nSPS) is 15.4. The topological polar surface area (TPSA) is 78.8 Å². The molecule has 2 aliphatic heterocycles. The highest BCUT2D eigenvalue weighted by atomic mass is 16.2. The van der Waals surface area contributed by atoms with Crippen molar-refractivity contribution in [2.45, 2.75) is 53.2 Å². The summed E-state index contributed by atoms with van der Waals surface area (Å²) in [4.78, 5) is 24.2. The number of rotatable bonds is 5. The van der Waals surface area contributed by atoms with Gasteiger partial charge in [0.25, 0.3) is 5.91 Å². The number of carbonyl (C=O) groups excluding carboxylic acids is 1. The van der Waals surface area contributed by atoms with Crippen LogP contribution in [0.3, 0.4) is 0 Å². The Balaban J connectivity index is 1.45. The number of fused-ring (bicyclic) bond motifs is 2. The zero-order valence-corrected chi connectivity index (χ0v) is 21.2. The van der Waals surface area contributed by atoms with Crippen molar-refractivity contribution in [3.8, 4) is 11.1 Å². The molecule has 7 heteroatoms. The van der Waals surface area contributed by atoms with E-state index in [9.17, 15) is 4.79 Å². The lowest BCUT2D eigenvalue weighted by Crippen LogP contribution is -2.26. The molecule has 0 saturated heterocycles. The largest absolute Gasteiger partial charge is 0.354 e. The summed E-state index contributed by atoms with van der Waals surface area (Å²) in [5.74, 6) is 0.0501. The molecular weight excluding hydrogens is 448 g/mol. The summed E-state index contributed by atoms with van der Waals surface area (Å²) in [6, 6.07) is 10.5. The summed E-state index contributed by atoms with van der Waals surface area (Å²) >= 11 is 0. The third kappa shape index (κ3) is 3.84. The minimum atomic E-state index is 0.0501. The molecule has 6 rings (SSSR count). The number of carbonyl (C=O) groups is 1. The lowest BCUT2D eigenvalue weighted by atomic mass is 9.98. The van der Waals surface area contributed by atoms with E-state index in [4.69, 9.17) is 4.98 Å². The lowest BCUT2D eigenvalue weighted by Gasteiger charge is -2.18. The van der Waals surface area contributed by atoms with Crippen LogP contribution >= 0.6 is 0 Å². The zero-order valence-electron chi connectivity index (χ0n) is 21.2. The number of amides is 1. The van der Waals surface area contributed by atoms with E-state index in [0.717, 1.165) is 82.8 Å². The van der Waals surface area contributed by atoms with Crippen LogP contribution in [0.5, 0.6) is 0 Å². The molecule has 0 aliphatic carbocycles. The lowest BCUT2D eigenvalue weighted by molar-refractivity contribution is 0.0748. The number of hydrogen-bond donors (Lipinski definition) is 2. The Morgan fingerprint density at radius 1 is 1.11 bits per heavy atom. The SMILES string of the molecule is CCc1ccc(-c2cc(C(=O)N3Cc4cnn(CC)c4C3)cc3cc(C4=CCCNC4)[nH]c23)c(C)n1. The van der Waals surface area contributed by atoms with Crippen LogP contribution in [0.4, 0.5) is 0 Å². The van der Waals surface area contributed by atoms with Gasteiger partial charge >= 0.3 is 0 Å². The van der Waals surface area contributed by atoms with Crippen molar-refractivity contribution >= 4 is 22.4 Å². The first kappa shape index (κ1) is 22.7. The van der Waals surface area contributed by atoms with Crippen molar-refractivity contribution in [3.63, 3.8) is 0 Å². The second-order valence-electron chi connectivity index (χ2n) is 9.75. The van der Waals surface area contributed by atoms with Gasteiger partial charge in [0.15, 0.2) is 0 Å². The zero-order chi connectivity index (χ0) is 24.8. The van der Waals surface area contributed by atoms with Crippen LogP contribution in [0, 0.1) is 6.92 Å². The van der Waals surface area contributed by atoms with Crippen molar-refractivity contribution in [1.82, 2.24) is 30.0 Å². The highest BCUT2D eigenvalue weighted by Gasteiger charge is 2.28. The van der Waals surface area contributed by atoms with Gasteiger partial charge in [-0.15, -0.1) is 0 Å². The van der Waals surface area contributed by atoms with E-state index in [1.807, 2.05) is 27.9 Å². The third-order valence-electron chi connectivity index (χ3n) is 7.47. The molecule has 0 bridgehead atoms. The molecule has 3 aromatic heterocycles. The van der Waals surface area contributed by atoms with E-state index in [0.29, 0.717) is 18.7 Å². The van der Waals surface area contributed by atoms with Gasteiger partial charge in [0, 0.05) is 64.4 Å². The summed E-state index contributed by atoms with van der Waals surface area (Å²) in [5, 5.41) is 8.96. The molecule has 36 heavy (non-hydrogen) atoms. The van der Waals surface area contributed by atoms with E-state index in [-0.39, 0.29) is 5.91 Å². The highest BCUT2D eigenvalue weighted by molar-refractivity contribution is 6.05. The van der Waals surface area contributed by atoms with Gasteiger partial charge in [0.2, 0.25) is 0 Å². The van der Waals surface area contributed by atoms with Crippen LogP contribution in [0.25, 0.3) is 27.6 Å². The molecule has 2 N–H and O–H groups in total. The van der Waals surface area contributed by atoms with Gasteiger partial charge in [-0.3, -0.25) is 14.5 Å². The van der Waals surface area contributed by atoms with E-state index in [2.05, 4.69) is 60.4 Å². The van der Waals surface area contributed by atoms with Crippen molar-refractivity contribution < 1.29 is 4.79 Å². The molecule has 5 heterocycles. The molecule has 0 saturated carbocycles. The fourth-order valence-electron chi connectivity index (χ4n) is 5.50. The Kier molecular flexibility index (Phi) is 5.72. The van der Waals surface area contributed by atoms with E-state index >= 15 is 0 Å².